The summed E-state index contributed by atoms with van der Waals surface area (Å²) < 4.78 is 0.980. The van der Waals surface area contributed by atoms with Crippen LogP contribution in [-0.4, -0.2) is 54.1 Å². The fourth-order valence-corrected chi connectivity index (χ4v) is 3.48. The van der Waals surface area contributed by atoms with E-state index in [1.54, 1.807) is 0 Å². The zero-order chi connectivity index (χ0) is 13.2. The molecule has 0 radical (unpaired) electrons. The van der Waals surface area contributed by atoms with Gasteiger partial charge in [-0.2, -0.15) is 4.98 Å². The second kappa shape index (κ2) is 5.63. The van der Waals surface area contributed by atoms with Gasteiger partial charge in [-0.05, 0) is 48.3 Å². The Bertz CT molecular complexity index is 447. The van der Waals surface area contributed by atoms with Crippen molar-refractivity contribution in [3.8, 4) is 0 Å². The minimum atomic E-state index is 0.683. The van der Waals surface area contributed by atoms with Gasteiger partial charge in [0.15, 0.2) is 0 Å². The van der Waals surface area contributed by atoms with Gasteiger partial charge in [-0.1, -0.05) is 0 Å². The fourth-order valence-electron chi connectivity index (χ4n) is 3.04. The van der Waals surface area contributed by atoms with Gasteiger partial charge < -0.3 is 10.2 Å². The van der Waals surface area contributed by atoms with Gasteiger partial charge in [-0.15, -0.1) is 0 Å². The third-order valence-corrected chi connectivity index (χ3v) is 4.63. The van der Waals surface area contributed by atoms with Crippen molar-refractivity contribution in [2.24, 2.45) is 0 Å². The Hall–Kier alpha value is -0.880. The third-order valence-electron chi connectivity index (χ3n) is 4.07. The second-order valence-electron chi connectivity index (χ2n) is 5.25. The predicted molar refractivity (Wildman–Crippen MR) is 80.7 cm³/mol. The summed E-state index contributed by atoms with van der Waals surface area (Å²) in [6, 6.07) is 0.697. The molecule has 19 heavy (non-hydrogen) atoms. The Balaban J connectivity index is 1.73. The molecule has 2 aliphatic rings. The molecule has 0 bridgehead atoms. The molecule has 0 saturated carbocycles. The molecule has 1 aromatic rings. The van der Waals surface area contributed by atoms with Crippen LogP contribution in [0.5, 0.6) is 0 Å². The maximum absolute atomic E-state index is 4.57. The van der Waals surface area contributed by atoms with Crippen molar-refractivity contribution in [2.45, 2.75) is 25.3 Å². The van der Waals surface area contributed by atoms with Gasteiger partial charge in [0.05, 0.1) is 4.47 Å². The number of halogens is 1. The van der Waals surface area contributed by atoms with Gasteiger partial charge in [0.1, 0.15) is 5.82 Å². The Morgan fingerprint density at radius 1 is 1.32 bits per heavy atom. The van der Waals surface area contributed by atoms with Crippen LogP contribution in [-0.2, 0) is 0 Å². The fraction of sp³-hybridized carbons (Fsp3) is 0.692. The standard InChI is InChI=1S/C13H20BrN5/c1-15-13-16-8-11(14)12(17-13)19-7-4-10(9-19)18-5-2-3-6-18/h8,10H,2-7,9H2,1H3,(H,15,16,17). The number of likely N-dealkylation sites (tertiary alicyclic amines) is 1. The molecule has 1 aromatic heterocycles. The molecule has 6 heteroatoms. The van der Waals surface area contributed by atoms with E-state index in [0.29, 0.717) is 12.0 Å². The van der Waals surface area contributed by atoms with Crippen LogP contribution < -0.4 is 10.2 Å². The molecule has 1 N–H and O–H groups in total. The maximum Gasteiger partial charge on any atom is 0.224 e. The van der Waals surface area contributed by atoms with Crippen LogP contribution in [0.1, 0.15) is 19.3 Å². The first-order valence-electron chi connectivity index (χ1n) is 6.97. The van der Waals surface area contributed by atoms with Crippen LogP contribution in [0.2, 0.25) is 0 Å². The van der Waals surface area contributed by atoms with Crippen LogP contribution in [0.4, 0.5) is 11.8 Å². The van der Waals surface area contributed by atoms with Crippen molar-refractivity contribution in [2.75, 3.05) is 43.4 Å². The molecule has 2 aliphatic heterocycles. The van der Waals surface area contributed by atoms with E-state index in [4.69, 9.17) is 0 Å². The molecule has 0 spiro atoms. The maximum atomic E-state index is 4.57. The van der Waals surface area contributed by atoms with Crippen LogP contribution in [0.3, 0.4) is 0 Å². The number of rotatable bonds is 3. The molecular formula is C13H20BrN5. The molecule has 104 valence electrons. The molecule has 2 saturated heterocycles. The average molecular weight is 326 g/mol. The van der Waals surface area contributed by atoms with E-state index < -0.39 is 0 Å². The van der Waals surface area contributed by atoms with Crippen molar-refractivity contribution in [1.29, 1.82) is 0 Å². The third kappa shape index (κ3) is 2.69. The molecule has 5 nitrogen and oxygen atoms in total. The number of aromatic nitrogens is 2. The minimum Gasteiger partial charge on any atom is -0.357 e. The topological polar surface area (TPSA) is 44.3 Å². The predicted octanol–water partition coefficient (Wildman–Crippen LogP) is 1.96. The highest BCUT2D eigenvalue weighted by Crippen LogP contribution is 2.29. The summed E-state index contributed by atoms with van der Waals surface area (Å²) in [6.45, 7) is 4.70. The minimum absolute atomic E-state index is 0.683. The molecule has 1 atom stereocenters. The van der Waals surface area contributed by atoms with Crippen molar-refractivity contribution >= 4 is 27.7 Å². The summed E-state index contributed by atoms with van der Waals surface area (Å²) >= 11 is 3.57. The largest absolute Gasteiger partial charge is 0.357 e. The van der Waals surface area contributed by atoms with Gasteiger partial charge in [0, 0.05) is 32.4 Å². The molecule has 0 aromatic carbocycles. The van der Waals surface area contributed by atoms with Crippen LogP contribution in [0, 0.1) is 0 Å². The number of hydrogen-bond donors (Lipinski definition) is 1. The van der Waals surface area contributed by atoms with Crippen LogP contribution in [0.25, 0.3) is 0 Å². The SMILES string of the molecule is CNc1ncc(Br)c(N2CCC(N3CCCC3)C2)n1. The van der Waals surface area contributed by atoms with Gasteiger partial charge in [-0.25, -0.2) is 4.98 Å². The van der Waals surface area contributed by atoms with Gasteiger partial charge in [-0.3, -0.25) is 4.90 Å². The molecule has 0 aliphatic carbocycles. The van der Waals surface area contributed by atoms with E-state index >= 15 is 0 Å². The lowest BCUT2D eigenvalue weighted by Gasteiger charge is -2.24. The molecular weight excluding hydrogens is 306 g/mol. The lowest BCUT2D eigenvalue weighted by molar-refractivity contribution is 0.260. The molecule has 3 rings (SSSR count). The highest BCUT2D eigenvalue weighted by Gasteiger charge is 2.30. The zero-order valence-corrected chi connectivity index (χ0v) is 12.9. The van der Waals surface area contributed by atoms with E-state index in [-0.39, 0.29) is 0 Å². The van der Waals surface area contributed by atoms with E-state index in [2.05, 4.69) is 41.0 Å². The summed E-state index contributed by atoms with van der Waals surface area (Å²) in [6.07, 6.45) is 5.79. The second-order valence-corrected chi connectivity index (χ2v) is 6.10. The van der Waals surface area contributed by atoms with Crippen molar-refractivity contribution in [3.05, 3.63) is 10.7 Å². The first-order valence-corrected chi connectivity index (χ1v) is 7.76. The van der Waals surface area contributed by atoms with Crippen molar-refractivity contribution in [3.63, 3.8) is 0 Å². The van der Waals surface area contributed by atoms with E-state index in [0.717, 1.165) is 23.4 Å². The summed E-state index contributed by atoms with van der Waals surface area (Å²) in [5.74, 6) is 1.70. The van der Waals surface area contributed by atoms with Gasteiger partial charge in [0.25, 0.3) is 0 Å². The normalized spacial score (nSPS) is 24.1. The summed E-state index contributed by atoms with van der Waals surface area (Å²) in [7, 11) is 1.85. The lowest BCUT2D eigenvalue weighted by Crippen LogP contribution is -2.35. The van der Waals surface area contributed by atoms with Crippen LogP contribution in [0.15, 0.2) is 10.7 Å². The number of hydrogen-bond acceptors (Lipinski definition) is 5. The van der Waals surface area contributed by atoms with Gasteiger partial charge in [0.2, 0.25) is 5.95 Å². The van der Waals surface area contributed by atoms with Gasteiger partial charge >= 0.3 is 0 Å². The summed E-state index contributed by atoms with van der Waals surface area (Å²) in [5, 5.41) is 3.00. The monoisotopic (exact) mass is 325 g/mol. The Kier molecular flexibility index (Phi) is 3.88. The smallest absolute Gasteiger partial charge is 0.224 e. The molecule has 0 amide bonds. The summed E-state index contributed by atoms with van der Waals surface area (Å²) in [5.41, 5.74) is 0. The lowest BCUT2D eigenvalue weighted by atomic mass is 10.2. The number of nitrogens with zero attached hydrogens (tertiary/aromatic N) is 4. The van der Waals surface area contributed by atoms with E-state index in [1.807, 2.05) is 13.2 Å². The Morgan fingerprint density at radius 2 is 2.11 bits per heavy atom. The van der Waals surface area contributed by atoms with E-state index in [9.17, 15) is 0 Å². The Labute approximate surface area is 122 Å². The number of nitrogens with one attached hydrogen (secondary N) is 1. The zero-order valence-electron chi connectivity index (χ0n) is 11.3. The Morgan fingerprint density at radius 3 is 2.84 bits per heavy atom. The molecule has 1 unspecified atom stereocenters. The summed E-state index contributed by atoms with van der Waals surface area (Å²) in [4.78, 5) is 13.8. The number of anilines is 2. The first-order chi connectivity index (χ1) is 9.28. The van der Waals surface area contributed by atoms with Crippen molar-refractivity contribution < 1.29 is 0 Å². The first kappa shape index (κ1) is 13.1. The quantitative estimate of drug-likeness (QED) is 0.920. The molecule has 3 heterocycles. The van der Waals surface area contributed by atoms with Crippen molar-refractivity contribution in [1.82, 2.24) is 14.9 Å². The van der Waals surface area contributed by atoms with Crippen LogP contribution >= 0.6 is 15.9 Å². The average Bonchev–Trinajstić information content (AvgIpc) is 3.10. The highest BCUT2D eigenvalue weighted by atomic mass is 79.9. The highest BCUT2D eigenvalue weighted by molar-refractivity contribution is 9.10. The molecule has 2 fully saturated rings. The van der Waals surface area contributed by atoms with E-state index in [1.165, 1.54) is 32.4 Å².